The van der Waals surface area contributed by atoms with Gasteiger partial charge in [-0.1, -0.05) is 22.0 Å². The molecule has 0 amide bonds. The highest BCUT2D eigenvalue weighted by Gasteiger charge is 2.23. The molecule has 20 heavy (non-hydrogen) atoms. The Hall–Kier alpha value is -1.03. The molecule has 0 aromatic heterocycles. The Morgan fingerprint density at radius 3 is 2.50 bits per heavy atom. The minimum absolute atomic E-state index is 0.149. The number of esters is 1. The van der Waals surface area contributed by atoms with Crippen LogP contribution in [0.25, 0.3) is 0 Å². The summed E-state index contributed by atoms with van der Waals surface area (Å²) in [5, 5.41) is 0. The van der Waals surface area contributed by atoms with Crippen LogP contribution in [0.3, 0.4) is 0 Å². The molecule has 2 fully saturated rings. The summed E-state index contributed by atoms with van der Waals surface area (Å²) in [6.45, 7) is 1.38. The molecule has 0 bridgehead atoms. The van der Waals surface area contributed by atoms with Crippen molar-refractivity contribution in [3.8, 4) is 5.75 Å². The number of rotatable bonds is 7. The molecule has 0 unspecified atom stereocenters. The fourth-order valence-electron chi connectivity index (χ4n) is 1.96. The Balaban J connectivity index is 1.50. The first kappa shape index (κ1) is 13.9. The summed E-state index contributed by atoms with van der Waals surface area (Å²) in [5.41, 5.74) is 0.949. The molecule has 108 valence electrons. The number of ether oxygens (including phenoxy) is 2. The van der Waals surface area contributed by atoms with Gasteiger partial charge in [0.15, 0.2) is 0 Å². The molecule has 1 aromatic rings. The number of carbonyl (C=O) groups is 1. The second-order valence-electron chi connectivity index (χ2n) is 5.81. The van der Waals surface area contributed by atoms with E-state index in [4.69, 9.17) is 9.47 Å². The average Bonchev–Trinajstić information content (AvgIpc) is 3.30. The zero-order chi connectivity index (χ0) is 13.9. The predicted octanol–water partition coefficient (Wildman–Crippen LogP) is 3.73. The first-order valence-corrected chi connectivity index (χ1v) is 8.07. The molecule has 3 rings (SSSR count). The molecule has 0 atom stereocenters. The fraction of sp³-hybridized carbons (Fsp3) is 0.562. The van der Waals surface area contributed by atoms with Gasteiger partial charge in [-0.3, -0.25) is 4.79 Å². The molecule has 0 spiro atoms. The maximum Gasteiger partial charge on any atom is 0.310 e. The highest BCUT2D eigenvalue weighted by atomic mass is 79.9. The van der Waals surface area contributed by atoms with Crippen molar-refractivity contribution in [1.82, 2.24) is 0 Å². The van der Waals surface area contributed by atoms with Crippen LogP contribution in [0, 0.1) is 11.8 Å². The van der Waals surface area contributed by atoms with Crippen molar-refractivity contribution in [3.05, 3.63) is 28.2 Å². The number of benzene rings is 1. The maximum atomic E-state index is 11.7. The van der Waals surface area contributed by atoms with E-state index in [0.29, 0.717) is 18.9 Å². The van der Waals surface area contributed by atoms with Crippen LogP contribution >= 0.6 is 15.9 Å². The minimum Gasteiger partial charge on any atom is -0.493 e. The number of carbonyl (C=O) groups excluding carboxylic acids is 1. The number of hydrogen-bond acceptors (Lipinski definition) is 3. The molecular weight excluding hydrogens is 320 g/mol. The van der Waals surface area contributed by atoms with Gasteiger partial charge in [-0.05, 0) is 55.2 Å². The van der Waals surface area contributed by atoms with Crippen molar-refractivity contribution < 1.29 is 14.3 Å². The van der Waals surface area contributed by atoms with Crippen molar-refractivity contribution in [1.29, 1.82) is 0 Å². The quantitative estimate of drug-likeness (QED) is 0.710. The standard InChI is InChI=1S/C16H19BrO3/c17-15-8-14(19-9-11-1-2-11)6-5-13(15)7-16(18)20-10-12-3-4-12/h5-6,8,11-12H,1-4,7,9-10H2. The van der Waals surface area contributed by atoms with Gasteiger partial charge in [-0.15, -0.1) is 0 Å². The lowest BCUT2D eigenvalue weighted by atomic mass is 10.1. The monoisotopic (exact) mass is 338 g/mol. The number of halogens is 1. The molecule has 3 nitrogen and oxygen atoms in total. The Kier molecular flexibility index (Phi) is 4.29. The number of hydrogen-bond donors (Lipinski definition) is 0. The molecule has 0 heterocycles. The third kappa shape index (κ3) is 4.23. The summed E-state index contributed by atoms with van der Waals surface area (Å²) < 4.78 is 11.9. The zero-order valence-corrected chi connectivity index (χ0v) is 13.0. The van der Waals surface area contributed by atoms with Crippen LogP contribution < -0.4 is 4.74 Å². The van der Waals surface area contributed by atoms with Gasteiger partial charge in [0.2, 0.25) is 0 Å². The molecule has 0 radical (unpaired) electrons. The summed E-state index contributed by atoms with van der Waals surface area (Å²) in [6.07, 6.45) is 5.28. The van der Waals surface area contributed by atoms with Crippen LogP contribution in [-0.4, -0.2) is 19.2 Å². The average molecular weight is 339 g/mol. The summed E-state index contributed by atoms with van der Waals surface area (Å²) in [4.78, 5) is 11.7. The van der Waals surface area contributed by atoms with Crippen molar-refractivity contribution >= 4 is 21.9 Å². The van der Waals surface area contributed by atoms with E-state index < -0.39 is 0 Å². The van der Waals surface area contributed by atoms with Gasteiger partial charge in [0.05, 0.1) is 19.6 Å². The first-order chi connectivity index (χ1) is 9.70. The van der Waals surface area contributed by atoms with E-state index in [1.54, 1.807) is 0 Å². The van der Waals surface area contributed by atoms with E-state index in [9.17, 15) is 4.79 Å². The van der Waals surface area contributed by atoms with Crippen molar-refractivity contribution in [2.75, 3.05) is 13.2 Å². The predicted molar refractivity (Wildman–Crippen MR) is 79.7 cm³/mol. The largest absolute Gasteiger partial charge is 0.493 e. The molecule has 2 aliphatic rings. The third-order valence-corrected chi connectivity index (χ3v) is 4.46. The molecule has 0 N–H and O–H groups in total. The fourth-order valence-corrected chi connectivity index (χ4v) is 2.46. The molecule has 0 aliphatic heterocycles. The van der Waals surface area contributed by atoms with E-state index in [1.165, 1.54) is 25.7 Å². The smallest absolute Gasteiger partial charge is 0.310 e. The second-order valence-corrected chi connectivity index (χ2v) is 6.67. The van der Waals surface area contributed by atoms with E-state index in [0.717, 1.165) is 28.3 Å². The van der Waals surface area contributed by atoms with Gasteiger partial charge >= 0.3 is 5.97 Å². The lowest BCUT2D eigenvalue weighted by Crippen LogP contribution is -2.10. The first-order valence-electron chi connectivity index (χ1n) is 7.27. The third-order valence-electron chi connectivity index (χ3n) is 3.72. The highest BCUT2D eigenvalue weighted by molar-refractivity contribution is 9.10. The van der Waals surface area contributed by atoms with Gasteiger partial charge < -0.3 is 9.47 Å². The van der Waals surface area contributed by atoms with Gasteiger partial charge in [-0.2, -0.15) is 0 Å². The highest BCUT2D eigenvalue weighted by Crippen LogP contribution is 2.31. The Bertz CT molecular complexity index is 492. The second kappa shape index (κ2) is 6.17. The van der Waals surface area contributed by atoms with Crippen LogP contribution in [0.2, 0.25) is 0 Å². The molecular formula is C16H19BrO3. The van der Waals surface area contributed by atoms with Crippen LogP contribution in [0.1, 0.15) is 31.2 Å². The molecule has 2 saturated carbocycles. The zero-order valence-electron chi connectivity index (χ0n) is 11.4. The van der Waals surface area contributed by atoms with Crippen LogP contribution in [-0.2, 0) is 16.0 Å². The summed E-state index contributed by atoms with van der Waals surface area (Å²) in [6, 6.07) is 5.80. The normalized spacial score (nSPS) is 17.9. The van der Waals surface area contributed by atoms with E-state index >= 15 is 0 Å². The van der Waals surface area contributed by atoms with E-state index in [2.05, 4.69) is 15.9 Å². The van der Waals surface area contributed by atoms with Crippen molar-refractivity contribution in [2.24, 2.45) is 11.8 Å². The maximum absolute atomic E-state index is 11.7. The van der Waals surface area contributed by atoms with E-state index in [1.807, 2.05) is 18.2 Å². The van der Waals surface area contributed by atoms with Crippen LogP contribution in [0.5, 0.6) is 5.75 Å². The van der Waals surface area contributed by atoms with E-state index in [-0.39, 0.29) is 5.97 Å². The van der Waals surface area contributed by atoms with Gasteiger partial charge in [0.25, 0.3) is 0 Å². The van der Waals surface area contributed by atoms with Crippen molar-refractivity contribution in [3.63, 3.8) is 0 Å². The summed E-state index contributed by atoms with van der Waals surface area (Å²) in [5.74, 6) is 2.06. The van der Waals surface area contributed by atoms with Gasteiger partial charge in [0, 0.05) is 4.47 Å². The minimum atomic E-state index is -0.149. The Labute approximate surface area is 127 Å². The van der Waals surface area contributed by atoms with Crippen LogP contribution in [0.15, 0.2) is 22.7 Å². The molecule has 2 aliphatic carbocycles. The lowest BCUT2D eigenvalue weighted by Gasteiger charge is -2.09. The SMILES string of the molecule is O=C(Cc1ccc(OCC2CC2)cc1Br)OCC1CC1. The van der Waals surface area contributed by atoms with Gasteiger partial charge in [0.1, 0.15) is 5.75 Å². The Morgan fingerprint density at radius 2 is 1.85 bits per heavy atom. The summed E-state index contributed by atoms with van der Waals surface area (Å²) in [7, 11) is 0. The van der Waals surface area contributed by atoms with Gasteiger partial charge in [-0.25, -0.2) is 0 Å². The molecule has 0 saturated heterocycles. The Morgan fingerprint density at radius 1 is 1.15 bits per heavy atom. The molecule has 4 heteroatoms. The topological polar surface area (TPSA) is 35.5 Å². The molecule has 1 aromatic carbocycles. The van der Waals surface area contributed by atoms with Crippen molar-refractivity contribution in [2.45, 2.75) is 32.1 Å². The van der Waals surface area contributed by atoms with Crippen LogP contribution in [0.4, 0.5) is 0 Å². The summed E-state index contributed by atoms with van der Waals surface area (Å²) >= 11 is 3.50. The lowest BCUT2D eigenvalue weighted by molar-refractivity contribution is -0.143.